The smallest absolute Gasteiger partial charge is 0.276 e. The summed E-state index contributed by atoms with van der Waals surface area (Å²) >= 11 is 0. The average molecular weight is 273 g/mol. The molecule has 0 fully saturated rings. The first-order chi connectivity index (χ1) is 9.67. The van der Waals surface area contributed by atoms with Crippen LogP contribution in [0.2, 0.25) is 0 Å². The molecular weight excluding hydrogens is 262 g/mol. The molecule has 0 aliphatic carbocycles. The highest BCUT2D eigenvalue weighted by Gasteiger charge is 2.14. The minimum atomic E-state index is 0.0429. The van der Waals surface area contributed by atoms with Gasteiger partial charge in [0.25, 0.3) is 5.89 Å². The molecule has 1 aromatic carbocycles. The normalized spacial score (nSPS) is 10.7. The van der Waals surface area contributed by atoms with Crippen molar-refractivity contribution in [1.82, 2.24) is 20.3 Å². The zero-order valence-electron chi connectivity index (χ0n) is 10.5. The lowest BCUT2D eigenvalue weighted by molar-refractivity contribution is 0.373. The Hall–Kier alpha value is -3.03. The van der Waals surface area contributed by atoms with Crippen LogP contribution >= 0.6 is 0 Å². The second-order valence-corrected chi connectivity index (χ2v) is 4.02. The molecule has 0 unspecified atom stereocenters. The molecule has 3 rings (SSSR count). The van der Waals surface area contributed by atoms with Crippen LogP contribution in [0.5, 0.6) is 11.5 Å². The quantitative estimate of drug-likeness (QED) is 0.659. The molecule has 0 amide bonds. The van der Waals surface area contributed by atoms with Crippen LogP contribution in [0, 0.1) is 0 Å². The molecule has 2 heterocycles. The topological polar surface area (TPSA) is 123 Å². The number of nitrogen functional groups attached to an aromatic ring is 1. The second kappa shape index (κ2) is 4.57. The average Bonchev–Trinajstić information content (AvgIpc) is 3.08. The lowest BCUT2D eigenvalue weighted by atomic mass is 10.2. The molecule has 0 atom stereocenters. The molecule has 0 spiro atoms. The highest BCUT2D eigenvalue weighted by atomic mass is 16.5. The molecule has 2 aromatic heterocycles. The summed E-state index contributed by atoms with van der Waals surface area (Å²) in [5, 5.41) is 19.9. The standard InChI is InChI=1S/C12H11N5O3/c1-19-9-4-6(2-3-8(9)18)11-14-12(20-17-11)7-5-10(13)16-15-7/h2-5,18H,1H3,(H3,13,15,16). The maximum Gasteiger partial charge on any atom is 0.276 e. The van der Waals surface area contributed by atoms with Crippen molar-refractivity contribution in [2.24, 2.45) is 0 Å². The first kappa shape index (κ1) is 12.0. The van der Waals surface area contributed by atoms with Gasteiger partial charge >= 0.3 is 0 Å². The van der Waals surface area contributed by atoms with Crippen molar-refractivity contribution in [1.29, 1.82) is 0 Å². The van der Waals surface area contributed by atoms with Gasteiger partial charge in [0, 0.05) is 11.6 Å². The molecule has 20 heavy (non-hydrogen) atoms. The summed E-state index contributed by atoms with van der Waals surface area (Å²) in [4.78, 5) is 4.23. The van der Waals surface area contributed by atoms with Gasteiger partial charge in [0.2, 0.25) is 5.82 Å². The Balaban J connectivity index is 1.97. The van der Waals surface area contributed by atoms with Gasteiger partial charge in [0.15, 0.2) is 11.5 Å². The lowest BCUT2D eigenvalue weighted by Crippen LogP contribution is -1.86. The van der Waals surface area contributed by atoms with E-state index in [1.165, 1.54) is 13.2 Å². The lowest BCUT2D eigenvalue weighted by Gasteiger charge is -2.03. The number of aromatic nitrogens is 4. The van der Waals surface area contributed by atoms with E-state index in [0.717, 1.165) is 0 Å². The molecule has 0 aliphatic heterocycles. The SMILES string of the molecule is COc1cc(-c2noc(-c3cc(N)n[nH]3)n2)ccc1O. The van der Waals surface area contributed by atoms with Crippen LogP contribution in [-0.4, -0.2) is 32.6 Å². The minimum Gasteiger partial charge on any atom is -0.504 e. The Bertz CT molecular complexity index is 749. The number of anilines is 1. The number of nitrogens with zero attached hydrogens (tertiary/aromatic N) is 3. The maximum atomic E-state index is 9.55. The first-order valence-corrected chi connectivity index (χ1v) is 5.69. The van der Waals surface area contributed by atoms with E-state index in [1.54, 1.807) is 18.2 Å². The third-order valence-corrected chi connectivity index (χ3v) is 2.69. The van der Waals surface area contributed by atoms with E-state index in [0.29, 0.717) is 28.6 Å². The fraction of sp³-hybridized carbons (Fsp3) is 0.0833. The molecule has 0 bridgehead atoms. The Labute approximate surface area is 113 Å². The van der Waals surface area contributed by atoms with E-state index in [1.807, 2.05) is 0 Å². The summed E-state index contributed by atoms with van der Waals surface area (Å²) in [6.07, 6.45) is 0. The highest BCUT2D eigenvalue weighted by molar-refractivity contribution is 5.62. The summed E-state index contributed by atoms with van der Waals surface area (Å²) in [5.41, 5.74) is 6.70. The number of rotatable bonds is 3. The van der Waals surface area contributed by atoms with E-state index in [-0.39, 0.29) is 11.6 Å². The highest BCUT2D eigenvalue weighted by Crippen LogP contribution is 2.31. The van der Waals surface area contributed by atoms with Crippen molar-refractivity contribution in [3.63, 3.8) is 0 Å². The zero-order chi connectivity index (χ0) is 14.1. The van der Waals surface area contributed by atoms with Crippen molar-refractivity contribution < 1.29 is 14.4 Å². The number of nitrogens with one attached hydrogen (secondary N) is 1. The van der Waals surface area contributed by atoms with Crippen molar-refractivity contribution in [2.75, 3.05) is 12.8 Å². The predicted octanol–water partition coefficient (Wildman–Crippen LogP) is 1.42. The van der Waals surface area contributed by atoms with Gasteiger partial charge in [-0.25, -0.2) is 0 Å². The number of methoxy groups -OCH3 is 1. The fourth-order valence-electron chi connectivity index (χ4n) is 1.71. The van der Waals surface area contributed by atoms with Gasteiger partial charge in [-0.1, -0.05) is 5.16 Å². The monoisotopic (exact) mass is 273 g/mol. The number of nitrogens with two attached hydrogens (primary N) is 1. The molecule has 0 radical (unpaired) electrons. The predicted molar refractivity (Wildman–Crippen MR) is 69.9 cm³/mol. The number of aromatic amines is 1. The van der Waals surface area contributed by atoms with Gasteiger partial charge in [-0.05, 0) is 18.2 Å². The molecule has 8 heteroatoms. The number of ether oxygens (including phenoxy) is 1. The van der Waals surface area contributed by atoms with Crippen LogP contribution in [0.3, 0.4) is 0 Å². The summed E-state index contributed by atoms with van der Waals surface area (Å²) in [5.74, 6) is 1.36. The molecule has 102 valence electrons. The van der Waals surface area contributed by atoms with E-state index < -0.39 is 0 Å². The Morgan fingerprint density at radius 3 is 2.90 bits per heavy atom. The summed E-state index contributed by atoms with van der Waals surface area (Å²) < 4.78 is 10.2. The van der Waals surface area contributed by atoms with Crippen molar-refractivity contribution >= 4 is 5.82 Å². The number of hydrogen-bond donors (Lipinski definition) is 3. The molecule has 4 N–H and O–H groups in total. The second-order valence-electron chi connectivity index (χ2n) is 4.02. The first-order valence-electron chi connectivity index (χ1n) is 5.69. The number of H-pyrrole nitrogens is 1. The van der Waals surface area contributed by atoms with Crippen LogP contribution in [0.1, 0.15) is 0 Å². The van der Waals surface area contributed by atoms with Gasteiger partial charge in [-0.2, -0.15) is 10.1 Å². The van der Waals surface area contributed by atoms with Gasteiger partial charge < -0.3 is 20.1 Å². The minimum absolute atomic E-state index is 0.0429. The van der Waals surface area contributed by atoms with E-state index >= 15 is 0 Å². The molecule has 0 saturated carbocycles. The Morgan fingerprint density at radius 1 is 1.35 bits per heavy atom. The third kappa shape index (κ3) is 2.03. The Morgan fingerprint density at radius 2 is 2.20 bits per heavy atom. The van der Waals surface area contributed by atoms with Gasteiger partial charge in [-0.15, -0.1) is 0 Å². The van der Waals surface area contributed by atoms with Crippen LogP contribution in [0.15, 0.2) is 28.8 Å². The van der Waals surface area contributed by atoms with Gasteiger partial charge in [0.05, 0.1) is 7.11 Å². The zero-order valence-corrected chi connectivity index (χ0v) is 10.5. The molecule has 0 aliphatic rings. The molecule has 8 nitrogen and oxygen atoms in total. The molecule has 3 aromatic rings. The van der Waals surface area contributed by atoms with E-state index in [9.17, 15) is 5.11 Å². The van der Waals surface area contributed by atoms with E-state index in [2.05, 4.69) is 20.3 Å². The maximum absolute atomic E-state index is 9.55. The van der Waals surface area contributed by atoms with Gasteiger partial charge in [-0.3, -0.25) is 5.10 Å². The van der Waals surface area contributed by atoms with Crippen molar-refractivity contribution in [3.05, 3.63) is 24.3 Å². The number of hydrogen-bond acceptors (Lipinski definition) is 7. The summed E-state index contributed by atoms with van der Waals surface area (Å²) in [6.45, 7) is 0. The molecule has 0 saturated heterocycles. The summed E-state index contributed by atoms with van der Waals surface area (Å²) in [6, 6.07) is 6.37. The largest absolute Gasteiger partial charge is 0.504 e. The number of benzene rings is 1. The van der Waals surface area contributed by atoms with Gasteiger partial charge in [0.1, 0.15) is 11.5 Å². The summed E-state index contributed by atoms with van der Waals surface area (Å²) in [7, 11) is 1.47. The van der Waals surface area contributed by atoms with Crippen LogP contribution in [-0.2, 0) is 0 Å². The van der Waals surface area contributed by atoms with E-state index in [4.69, 9.17) is 15.0 Å². The number of aromatic hydroxyl groups is 1. The van der Waals surface area contributed by atoms with Crippen molar-refractivity contribution in [2.45, 2.75) is 0 Å². The third-order valence-electron chi connectivity index (χ3n) is 2.69. The van der Waals surface area contributed by atoms with Crippen LogP contribution in [0.4, 0.5) is 5.82 Å². The number of phenols is 1. The number of phenolic OH excluding ortho intramolecular Hbond substituents is 1. The van der Waals surface area contributed by atoms with Crippen LogP contribution in [0.25, 0.3) is 23.0 Å². The van der Waals surface area contributed by atoms with Crippen molar-refractivity contribution in [3.8, 4) is 34.5 Å². The molecular formula is C12H11N5O3. The fourth-order valence-corrected chi connectivity index (χ4v) is 1.71. The Kier molecular flexibility index (Phi) is 2.75. The van der Waals surface area contributed by atoms with Crippen LogP contribution < -0.4 is 10.5 Å².